The van der Waals surface area contributed by atoms with E-state index < -0.39 is 0 Å². The minimum atomic E-state index is -0.0533. The average molecular weight is 275 g/mol. The maximum absolute atomic E-state index is 9.12. The van der Waals surface area contributed by atoms with Gasteiger partial charge in [-0.05, 0) is 22.0 Å². The van der Waals surface area contributed by atoms with E-state index in [2.05, 4.69) is 15.9 Å². The molecule has 2 N–H and O–H groups in total. The molecule has 0 saturated carbocycles. The number of hydrogen-bond acceptors (Lipinski definition) is 3. The maximum atomic E-state index is 9.12. The number of ether oxygens (including phenoxy) is 1. The summed E-state index contributed by atoms with van der Waals surface area (Å²) in [5.74, 6) is 0.740. The highest BCUT2D eigenvalue weighted by Crippen LogP contribution is 2.29. The van der Waals surface area contributed by atoms with Crippen molar-refractivity contribution in [3.63, 3.8) is 0 Å². The van der Waals surface area contributed by atoms with Crippen molar-refractivity contribution in [2.45, 2.75) is 13.5 Å². The molecule has 3 nitrogen and oxygen atoms in total. The Morgan fingerprint density at radius 1 is 1.40 bits per heavy atom. The molecule has 1 aromatic carbocycles. The van der Waals surface area contributed by atoms with E-state index in [0.29, 0.717) is 12.4 Å². The van der Waals surface area contributed by atoms with Gasteiger partial charge in [-0.2, -0.15) is 0 Å². The topological polar surface area (TPSA) is 49.7 Å². The van der Waals surface area contributed by atoms with Gasteiger partial charge in [0.25, 0.3) is 0 Å². The molecule has 0 aliphatic heterocycles. The molecule has 0 saturated heterocycles. The van der Waals surface area contributed by atoms with Crippen molar-refractivity contribution in [3.05, 3.63) is 28.2 Å². The highest BCUT2D eigenvalue weighted by atomic mass is 79.9. The van der Waals surface area contributed by atoms with Gasteiger partial charge in [-0.15, -0.1) is 0 Å². The van der Waals surface area contributed by atoms with Gasteiger partial charge in [0.05, 0.1) is 17.7 Å². The number of hydrogen-bond donors (Lipinski definition) is 2. The molecule has 4 heteroatoms. The summed E-state index contributed by atoms with van der Waals surface area (Å²) < 4.78 is 6.36. The number of aliphatic hydroxyl groups is 2. The third kappa shape index (κ3) is 3.48. The minimum absolute atomic E-state index is 0.0533. The summed E-state index contributed by atoms with van der Waals surface area (Å²) >= 11 is 3.36. The molecule has 1 aromatic rings. The van der Waals surface area contributed by atoms with Gasteiger partial charge in [0, 0.05) is 18.1 Å². The van der Waals surface area contributed by atoms with Crippen LogP contribution in [0.1, 0.15) is 12.5 Å². The third-order valence-corrected chi connectivity index (χ3v) is 2.67. The summed E-state index contributed by atoms with van der Waals surface area (Å²) in [5.41, 5.74) is 0.745. The fourth-order valence-corrected chi connectivity index (χ4v) is 1.64. The highest BCUT2D eigenvalue weighted by molar-refractivity contribution is 9.10. The van der Waals surface area contributed by atoms with Crippen LogP contribution >= 0.6 is 15.9 Å². The molecule has 0 aliphatic rings. The Hall–Kier alpha value is -0.580. The fraction of sp³-hybridized carbons (Fsp3) is 0.455. The van der Waals surface area contributed by atoms with E-state index >= 15 is 0 Å². The molecule has 0 aromatic heterocycles. The number of halogens is 1. The van der Waals surface area contributed by atoms with Gasteiger partial charge in [-0.25, -0.2) is 0 Å². The molecule has 0 aliphatic carbocycles. The zero-order valence-corrected chi connectivity index (χ0v) is 10.2. The molecule has 1 rings (SSSR count). The van der Waals surface area contributed by atoms with Crippen LogP contribution in [-0.2, 0) is 6.61 Å². The van der Waals surface area contributed by atoms with Gasteiger partial charge in [0.15, 0.2) is 0 Å². The maximum Gasteiger partial charge on any atom is 0.138 e. The van der Waals surface area contributed by atoms with Gasteiger partial charge >= 0.3 is 0 Å². The standard InChI is InChI=1S/C11H15BrO3/c1-8(5-13)7-15-11-9(6-14)3-2-4-10(11)12/h2-4,8,13-14H,5-7H2,1H3. The molecule has 0 radical (unpaired) electrons. The van der Waals surface area contributed by atoms with Crippen molar-refractivity contribution in [1.82, 2.24) is 0 Å². The van der Waals surface area contributed by atoms with Crippen LogP contribution in [0, 0.1) is 5.92 Å². The zero-order valence-electron chi connectivity index (χ0n) is 8.61. The van der Waals surface area contributed by atoms with E-state index in [0.717, 1.165) is 10.0 Å². The second-order valence-corrected chi connectivity index (χ2v) is 4.34. The molecule has 0 spiro atoms. The van der Waals surface area contributed by atoms with E-state index in [1.54, 1.807) is 0 Å². The minimum Gasteiger partial charge on any atom is -0.492 e. The van der Waals surface area contributed by atoms with E-state index in [9.17, 15) is 0 Å². The van der Waals surface area contributed by atoms with Crippen LogP contribution in [0.5, 0.6) is 5.75 Å². The van der Waals surface area contributed by atoms with Gasteiger partial charge < -0.3 is 14.9 Å². The summed E-state index contributed by atoms with van der Waals surface area (Å²) in [5, 5.41) is 18.0. The van der Waals surface area contributed by atoms with E-state index in [1.165, 1.54) is 0 Å². The smallest absolute Gasteiger partial charge is 0.138 e. The SMILES string of the molecule is CC(CO)COc1c(Br)cccc1CO. The molecule has 0 amide bonds. The number of aliphatic hydroxyl groups excluding tert-OH is 2. The molecule has 1 unspecified atom stereocenters. The summed E-state index contributed by atoms with van der Waals surface area (Å²) in [6.07, 6.45) is 0. The molecule has 0 fully saturated rings. The van der Waals surface area contributed by atoms with Gasteiger partial charge in [-0.1, -0.05) is 19.1 Å². The Kier molecular flexibility index (Phi) is 5.08. The summed E-state index contributed by atoms with van der Waals surface area (Å²) in [4.78, 5) is 0. The second kappa shape index (κ2) is 6.10. The molecule has 84 valence electrons. The van der Waals surface area contributed by atoms with Crippen LogP contribution in [0.25, 0.3) is 0 Å². The fourth-order valence-electron chi connectivity index (χ4n) is 1.12. The predicted octanol–water partition coefficient (Wildman–Crippen LogP) is 1.95. The summed E-state index contributed by atoms with van der Waals surface area (Å²) in [7, 11) is 0. The highest BCUT2D eigenvalue weighted by Gasteiger charge is 2.09. The molecular formula is C11H15BrO3. The molecular weight excluding hydrogens is 260 g/mol. The number of para-hydroxylation sites is 1. The van der Waals surface area contributed by atoms with Crippen LogP contribution in [0.4, 0.5) is 0 Å². The molecule has 1 atom stereocenters. The van der Waals surface area contributed by atoms with Crippen LogP contribution in [0.3, 0.4) is 0 Å². The van der Waals surface area contributed by atoms with E-state index in [1.807, 2.05) is 25.1 Å². The third-order valence-electron chi connectivity index (χ3n) is 2.04. The van der Waals surface area contributed by atoms with Gasteiger partial charge in [-0.3, -0.25) is 0 Å². The van der Waals surface area contributed by atoms with Crippen LogP contribution < -0.4 is 4.74 Å². The van der Waals surface area contributed by atoms with Gasteiger partial charge in [0.1, 0.15) is 5.75 Å². The van der Waals surface area contributed by atoms with Crippen molar-refractivity contribution in [2.24, 2.45) is 5.92 Å². The largest absolute Gasteiger partial charge is 0.492 e. The average Bonchev–Trinajstić information content (AvgIpc) is 2.26. The van der Waals surface area contributed by atoms with Crippen molar-refractivity contribution in [2.75, 3.05) is 13.2 Å². The molecule has 0 bridgehead atoms. The lowest BCUT2D eigenvalue weighted by Gasteiger charge is -2.14. The zero-order chi connectivity index (χ0) is 11.3. The van der Waals surface area contributed by atoms with Crippen molar-refractivity contribution in [1.29, 1.82) is 0 Å². The Morgan fingerprint density at radius 3 is 2.73 bits per heavy atom. The first-order valence-corrected chi connectivity index (χ1v) is 5.60. The lowest BCUT2D eigenvalue weighted by Crippen LogP contribution is -2.13. The Morgan fingerprint density at radius 2 is 2.13 bits per heavy atom. The van der Waals surface area contributed by atoms with Crippen LogP contribution in [0.15, 0.2) is 22.7 Å². The first kappa shape index (κ1) is 12.5. The van der Waals surface area contributed by atoms with Crippen LogP contribution in [0.2, 0.25) is 0 Å². The monoisotopic (exact) mass is 274 g/mol. The number of rotatable bonds is 5. The summed E-state index contributed by atoms with van der Waals surface area (Å²) in [6, 6.07) is 5.51. The predicted molar refractivity (Wildman–Crippen MR) is 61.8 cm³/mol. The van der Waals surface area contributed by atoms with Crippen molar-refractivity contribution < 1.29 is 14.9 Å². The quantitative estimate of drug-likeness (QED) is 0.863. The number of benzene rings is 1. The van der Waals surface area contributed by atoms with Crippen LogP contribution in [-0.4, -0.2) is 23.4 Å². The van der Waals surface area contributed by atoms with Crippen molar-refractivity contribution >= 4 is 15.9 Å². The lowest BCUT2D eigenvalue weighted by molar-refractivity contribution is 0.170. The Labute approximate surface area is 97.8 Å². The van der Waals surface area contributed by atoms with E-state index in [4.69, 9.17) is 14.9 Å². The normalized spacial score (nSPS) is 12.5. The second-order valence-electron chi connectivity index (χ2n) is 3.48. The van der Waals surface area contributed by atoms with Crippen molar-refractivity contribution in [3.8, 4) is 5.75 Å². The first-order chi connectivity index (χ1) is 7.19. The summed E-state index contributed by atoms with van der Waals surface area (Å²) in [6.45, 7) is 2.38. The molecule has 0 heterocycles. The van der Waals surface area contributed by atoms with E-state index in [-0.39, 0.29) is 19.1 Å². The van der Waals surface area contributed by atoms with Gasteiger partial charge in [0.2, 0.25) is 0 Å². The lowest BCUT2D eigenvalue weighted by atomic mass is 10.2. The first-order valence-electron chi connectivity index (χ1n) is 4.81. The molecule has 15 heavy (non-hydrogen) atoms. The Balaban J connectivity index is 2.74. The Bertz CT molecular complexity index is 315.